The Bertz CT molecular complexity index is 1050. The Morgan fingerprint density at radius 3 is 2.34 bits per heavy atom. The predicted molar refractivity (Wildman–Crippen MR) is 133 cm³/mol. The highest BCUT2D eigenvalue weighted by Crippen LogP contribution is 2.37. The first-order valence-corrected chi connectivity index (χ1v) is 12.0. The average Bonchev–Trinajstić information content (AvgIpc) is 2.81. The predicted octanol–water partition coefficient (Wildman–Crippen LogP) is 4.89. The third-order valence-corrected chi connectivity index (χ3v) is 7.08. The molecular formula is C27H31N3OS. The standard InChI is InChI=1S/C27H31N3OS/c1-21-12-13-25(22(2)18-21)32-26-11-7-6-10-24(26)30-16-14-29(15-17-30)20-28-27(31)19-23-8-4-3-5-9-23/h3-13,18H,14-17,19-20H2,1-2H3,(H,28,31). The van der Waals surface area contributed by atoms with Crippen molar-refractivity contribution in [3.63, 3.8) is 0 Å². The molecule has 32 heavy (non-hydrogen) atoms. The van der Waals surface area contributed by atoms with Crippen molar-refractivity contribution >= 4 is 23.4 Å². The van der Waals surface area contributed by atoms with Crippen molar-refractivity contribution in [3.05, 3.63) is 89.5 Å². The third-order valence-electron chi connectivity index (χ3n) is 5.84. The largest absolute Gasteiger partial charge is 0.368 e. The van der Waals surface area contributed by atoms with E-state index in [0.29, 0.717) is 13.1 Å². The Labute approximate surface area is 195 Å². The number of benzene rings is 3. The molecule has 3 aromatic carbocycles. The van der Waals surface area contributed by atoms with Crippen molar-refractivity contribution in [2.45, 2.75) is 30.1 Å². The minimum atomic E-state index is 0.0776. The lowest BCUT2D eigenvalue weighted by Crippen LogP contribution is -2.50. The molecule has 0 bridgehead atoms. The summed E-state index contributed by atoms with van der Waals surface area (Å²) < 4.78 is 0. The molecule has 0 unspecified atom stereocenters. The number of carbonyl (C=O) groups excluding carboxylic acids is 1. The molecule has 1 aliphatic heterocycles. The lowest BCUT2D eigenvalue weighted by atomic mass is 10.1. The first kappa shape index (κ1) is 22.4. The van der Waals surface area contributed by atoms with Gasteiger partial charge in [-0.25, -0.2) is 0 Å². The van der Waals surface area contributed by atoms with Gasteiger partial charge in [-0.1, -0.05) is 71.9 Å². The van der Waals surface area contributed by atoms with E-state index in [1.807, 2.05) is 42.1 Å². The van der Waals surface area contributed by atoms with Gasteiger partial charge in [-0.05, 0) is 43.2 Å². The molecule has 0 aliphatic carbocycles. The third kappa shape index (κ3) is 5.93. The Hall–Kier alpha value is -2.76. The summed E-state index contributed by atoms with van der Waals surface area (Å²) in [5.74, 6) is 0.0776. The summed E-state index contributed by atoms with van der Waals surface area (Å²) in [6.45, 7) is 8.72. The van der Waals surface area contributed by atoms with Crippen LogP contribution in [0.15, 0.2) is 82.6 Å². The zero-order chi connectivity index (χ0) is 22.3. The van der Waals surface area contributed by atoms with Crippen LogP contribution in [0.4, 0.5) is 5.69 Å². The number of aryl methyl sites for hydroxylation is 2. The second-order valence-electron chi connectivity index (χ2n) is 8.36. The number of piperazine rings is 1. The number of carbonyl (C=O) groups is 1. The van der Waals surface area contributed by atoms with Crippen LogP contribution >= 0.6 is 11.8 Å². The van der Waals surface area contributed by atoms with Crippen molar-refractivity contribution in [3.8, 4) is 0 Å². The van der Waals surface area contributed by atoms with E-state index in [9.17, 15) is 4.79 Å². The molecule has 4 nitrogen and oxygen atoms in total. The molecule has 1 saturated heterocycles. The maximum atomic E-state index is 12.3. The van der Waals surface area contributed by atoms with Crippen LogP contribution in [-0.2, 0) is 11.2 Å². The Balaban J connectivity index is 1.31. The molecule has 0 atom stereocenters. The maximum Gasteiger partial charge on any atom is 0.225 e. The summed E-state index contributed by atoms with van der Waals surface area (Å²) in [4.78, 5) is 19.6. The summed E-state index contributed by atoms with van der Waals surface area (Å²) in [5, 5.41) is 3.07. The molecule has 1 fully saturated rings. The fraction of sp³-hybridized carbons (Fsp3) is 0.296. The van der Waals surface area contributed by atoms with Gasteiger partial charge in [0.25, 0.3) is 0 Å². The number of rotatable bonds is 7. The lowest BCUT2D eigenvalue weighted by molar-refractivity contribution is -0.121. The second-order valence-corrected chi connectivity index (χ2v) is 9.45. The summed E-state index contributed by atoms with van der Waals surface area (Å²) in [7, 11) is 0. The molecule has 1 N–H and O–H groups in total. The van der Waals surface area contributed by atoms with Crippen LogP contribution in [0.5, 0.6) is 0 Å². The van der Waals surface area contributed by atoms with Gasteiger partial charge in [-0.15, -0.1) is 0 Å². The molecule has 1 heterocycles. The van der Waals surface area contributed by atoms with Crippen LogP contribution in [0.1, 0.15) is 16.7 Å². The second kappa shape index (κ2) is 10.7. The van der Waals surface area contributed by atoms with Crippen molar-refractivity contribution in [1.29, 1.82) is 0 Å². The van der Waals surface area contributed by atoms with Crippen LogP contribution in [0.3, 0.4) is 0 Å². The maximum absolute atomic E-state index is 12.3. The van der Waals surface area contributed by atoms with Crippen LogP contribution < -0.4 is 10.2 Å². The lowest BCUT2D eigenvalue weighted by Gasteiger charge is -2.36. The molecule has 0 radical (unpaired) electrons. The van der Waals surface area contributed by atoms with E-state index < -0.39 is 0 Å². The fourth-order valence-corrected chi connectivity index (χ4v) is 5.07. The molecular weight excluding hydrogens is 414 g/mol. The van der Waals surface area contributed by atoms with Crippen LogP contribution in [0, 0.1) is 13.8 Å². The number of para-hydroxylation sites is 1. The van der Waals surface area contributed by atoms with Gasteiger partial charge in [0.1, 0.15) is 0 Å². The van der Waals surface area contributed by atoms with Gasteiger partial charge in [0.15, 0.2) is 0 Å². The summed E-state index contributed by atoms with van der Waals surface area (Å²) >= 11 is 1.85. The monoisotopic (exact) mass is 445 g/mol. The molecule has 0 saturated carbocycles. The minimum Gasteiger partial charge on any atom is -0.368 e. The number of hydrogen-bond acceptors (Lipinski definition) is 4. The summed E-state index contributed by atoms with van der Waals surface area (Å²) in [6.07, 6.45) is 0.434. The van der Waals surface area contributed by atoms with Gasteiger partial charge in [0.05, 0.1) is 18.8 Å². The molecule has 1 aliphatic rings. The van der Waals surface area contributed by atoms with Crippen LogP contribution in [0.25, 0.3) is 0 Å². The van der Waals surface area contributed by atoms with E-state index in [1.165, 1.54) is 26.6 Å². The summed E-state index contributed by atoms with van der Waals surface area (Å²) in [6, 6.07) is 25.2. The van der Waals surface area contributed by atoms with Gasteiger partial charge in [0, 0.05) is 36.0 Å². The van der Waals surface area contributed by atoms with E-state index in [0.717, 1.165) is 31.7 Å². The normalized spacial score (nSPS) is 14.4. The first-order chi connectivity index (χ1) is 15.6. The molecule has 1 amide bonds. The highest BCUT2D eigenvalue weighted by Gasteiger charge is 2.20. The molecule has 4 rings (SSSR count). The molecule has 166 valence electrons. The number of anilines is 1. The summed E-state index contributed by atoms with van der Waals surface area (Å²) in [5.41, 5.74) is 4.96. The van der Waals surface area contributed by atoms with Crippen molar-refractivity contribution in [2.75, 3.05) is 37.7 Å². The van der Waals surface area contributed by atoms with Crippen molar-refractivity contribution in [1.82, 2.24) is 10.2 Å². The van der Waals surface area contributed by atoms with Crippen LogP contribution in [-0.4, -0.2) is 43.7 Å². The van der Waals surface area contributed by atoms with Crippen molar-refractivity contribution < 1.29 is 4.79 Å². The molecule has 5 heteroatoms. The Morgan fingerprint density at radius 1 is 0.875 bits per heavy atom. The van der Waals surface area contributed by atoms with Gasteiger partial charge in [-0.2, -0.15) is 0 Å². The number of hydrogen-bond donors (Lipinski definition) is 1. The number of amides is 1. The fourth-order valence-electron chi connectivity index (χ4n) is 4.03. The zero-order valence-electron chi connectivity index (χ0n) is 18.9. The average molecular weight is 446 g/mol. The number of nitrogens with one attached hydrogen (secondary N) is 1. The first-order valence-electron chi connectivity index (χ1n) is 11.2. The van der Waals surface area contributed by atoms with Crippen molar-refractivity contribution in [2.24, 2.45) is 0 Å². The Kier molecular flexibility index (Phi) is 7.51. The van der Waals surface area contributed by atoms with E-state index in [-0.39, 0.29) is 5.91 Å². The molecule has 0 spiro atoms. The minimum absolute atomic E-state index is 0.0776. The SMILES string of the molecule is Cc1ccc(Sc2ccccc2N2CCN(CNC(=O)Cc3ccccc3)CC2)c(C)c1. The van der Waals surface area contributed by atoms with Gasteiger partial charge >= 0.3 is 0 Å². The quantitative estimate of drug-likeness (QED) is 0.562. The van der Waals surface area contributed by atoms with Gasteiger partial charge < -0.3 is 10.2 Å². The molecule has 3 aromatic rings. The van der Waals surface area contributed by atoms with Gasteiger partial charge in [0.2, 0.25) is 5.91 Å². The Morgan fingerprint density at radius 2 is 1.59 bits per heavy atom. The van der Waals surface area contributed by atoms with E-state index in [2.05, 4.69) is 71.4 Å². The van der Waals surface area contributed by atoms with E-state index >= 15 is 0 Å². The number of nitrogens with zero attached hydrogens (tertiary/aromatic N) is 2. The molecule has 0 aromatic heterocycles. The zero-order valence-corrected chi connectivity index (χ0v) is 19.7. The van der Waals surface area contributed by atoms with Gasteiger partial charge in [-0.3, -0.25) is 9.69 Å². The van der Waals surface area contributed by atoms with E-state index in [4.69, 9.17) is 0 Å². The van der Waals surface area contributed by atoms with Crippen LogP contribution in [0.2, 0.25) is 0 Å². The highest BCUT2D eigenvalue weighted by atomic mass is 32.2. The highest BCUT2D eigenvalue weighted by molar-refractivity contribution is 7.99. The van der Waals surface area contributed by atoms with E-state index in [1.54, 1.807) is 0 Å². The topological polar surface area (TPSA) is 35.6 Å². The smallest absolute Gasteiger partial charge is 0.225 e.